The lowest BCUT2D eigenvalue weighted by atomic mass is 9.70. The summed E-state index contributed by atoms with van der Waals surface area (Å²) in [5, 5.41) is 11.0. The largest absolute Gasteiger partial charge is 0.387 e. The molecule has 8 rings (SSSR count). The Morgan fingerprint density at radius 3 is 1.46 bits per heavy atom. The van der Waals surface area contributed by atoms with Gasteiger partial charge in [0.05, 0.1) is 22.3 Å². The van der Waals surface area contributed by atoms with E-state index in [1.165, 1.54) is 0 Å². The van der Waals surface area contributed by atoms with Gasteiger partial charge in [-0.05, 0) is 48.3 Å². The van der Waals surface area contributed by atoms with Gasteiger partial charge < -0.3 is 19.3 Å². The van der Waals surface area contributed by atoms with Gasteiger partial charge in [0, 0.05) is 12.8 Å². The van der Waals surface area contributed by atoms with Crippen LogP contribution in [0.4, 0.5) is 0 Å². The quantitative estimate of drug-likeness (QED) is 0.384. The van der Waals surface area contributed by atoms with E-state index in [2.05, 4.69) is 0 Å². The lowest BCUT2D eigenvalue weighted by Crippen LogP contribution is -2.76. The van der Waals surface area contributed by atoms with E-state index in [4.69, 9.17) is 22.6 Å². The van der Waals surface area contributed by atoms with Gasteiger partial charge in [0.2, 0.25) is 0 Å². The minimum atomic E-state index is -4.38. The van der Waals surface area contributed by atoms with Crippen LogP contribution in [-0.4, -0.2) is 88.1 Å². The first-order valence-electron chi connectivity index (χ1n) is 14.5. The highest BCUT2D eigenvalue weighted by molar-refractivity contribution is 7.87. The average molecular weight is 619 g/mol. The van der Waals surface area contributed by atoms with Gasteiger partial charge in [0.25, 0.3) is 26.7 Å². The molecule has 0 aromatic heterocycles. The van der Waals surface area contributed by atoms with E-state index in [1.54, 1.807) is 0 Å². The third-order valence-corrected chi connectivity index (χ3v) is 15.1. The molecule has 5 saturated carbocycles. The topological polar surface area (TPSA) is 169 Å². The van der Waals surface area contributed by atoms with Crippen LogP contribution in [0.15, 0.2) is 0 Å². The van der Waals surface area contributed by atoms with E-state index in [0.717, 1.165) is 12.8 Å². The van der Waals surface area contributed by atoms with Gasteiger partial charge in [-0.3, -0.25) is 18.0 Å². The molecule has 0 radical (unpaired) electrons. The minimum absolute atomic E-state index is 0.0952. The summed E-state index contributed by atoms with van der Waals surface area (Å²) in [5.41, 5.74) is -3.20. The Kier molecular flexibility index (Phi) is 6.02. The maximum absolute atomic E-state index is 13.5. The molecule has 0 aromatic rings. The van der Waals surface area contributed by atoms with Gasteiger partial charge in [0.1, 0.15) is 48.2 Å². The van der Waals surface area contributed by atoms with Crippen molar-refractivity contribution in [3.8, 4) is 0 Å². The summed E-state index contributed by atoms with van der Waals surface area (Å²) < 4.78 is 82.2. The van der Waals surface area contributed by atoms with Gasteiger partial charge in [0.15, 0.2) is 0 Å². The van der Waals surface area contributed by atoms with Crippen molar-refractivity contribution in [1.29, 1.82) is 0 Å². The molecule has 8 bridgehead atoms. The van der Waals surface area contributed by atoms with Gasteiger partial charge in [-0.2, -0.15) is 16.8 Å². The molecule has 0 amide bonds. The Morgan fingerprint density at radius 1 is 0.732 bits per heavy atom. The van der Waals surface area contributed by atoms with Crippen LogP contribution in [0.1, 0.15) is 66.2 Å². The minimum Gasteiger partial charge on any atom is -0.387 e. The SMILES string of the molecule is CC1(C)[C@@H]2CC[C@@]1(CS(=O)(=O)O[C@H]1C3OC4O[C@@H]1C(O)[C@H](O4)[C@H]3OS(=O)(=O)C[C@]13CC[C@H](CC1=O)C3(C)C)C(=O)C2. The molecule has 3 aliphatic heterocycles. The number of ketones is 2. The maximum Gasteiger partial charge on any atom is 0.272 e. The fourth-order valence-electron chi connectivity index (χ4n) is 9.53. The predicted octanol–water partition coefficient (Wildman–Crippen LogP) is 1.05. The van der Waals surface area contributed by atoms with Crippen molar-refractivity contribution in [3.63, 3.8) is 0 Å². The molecule has 3 heterocycles. The molecular formula is C27H38O12S2. The van der Waals surface area contributed by atoms with Crippen molar-refractivity contribution in [2.45, 2.75) is 109 Å². The van der Waals surface area contributed by atoms with E-state index in [0.29, 0.717) is 25.7 Å². The van der Waals surface area contributed by atoms with Crippen LogP contribution >= 0.6 is 0 Å². The molecule has 14 heteroatoms. The first kappa shape index (κ1) is 28.8. The average Bonchev–Trinajstić information content (AvgIpc) is 3.38. The first-order valence-corrected chi connectivity index (χ1v) is 17.6. The second kappa shape index (κ2) is 8.58. The van der Waals surface area contributed by atoms with Crippen LogP contribution < -0.4 is 0 Å². The van der Waals surface area contributed by atoms with E-state index in [9.17, 15) is 31.5 Å². The molecule has 8 fully saturated rings. The molecule has 230 valence electrons. The number of fused-ring (bicyclic) bond motifs is 4. The van der Waals surface area contributed by atoms with Crippen molar-refractivity contribution in [2.24, 2.45) is 33.5 Å². The van der Waals surface area contributed by atoms with Crippen LogP contribution in [0.2, 0.25) is 0 Å². The van der Waals surface area contributed by atoms with Gasteiger partial charge >= 0.3 is 0 Å². The second-order valence-corrected chi connectivity index (χ2v) is 17.6. The summed E-state index contributed by atoms with van der Waals surface area (Å²) in [6, 6.07) is 0. The van der Waals surface area contributed by atoms with Gasteiger partial charge in [-0.25, -0.2) is 0 Å². The lowest BCUT2D eigenvalue weighted by Gasteiger charge is -2.57. The third-order valence-electron chi connectivity index (χ3n) is 12.4. The molecule has 3 unspecified atom stereocenters. The second-order valence-electron chi connectivity index (χ2n) is 14.4. The molecule has 8 aliphatic rings. The number of Topliss-reactive ketones (excluding diaryl/α,β-unsaturated/α-hetero) is 2. The third kappa shape index (κ3) is 3.77. The zero-order valence-corrected chi connectivity index (χ0v) is 25.2. The number of aliphatic hydroxyl groups excluding tert-OH is 1. The Hall–Kier alpha value is -1.00. The smallest absolute Gasteiger partial charge is 0.272 e. The van der Waals surface area contributed by atoms with Crippen molar-refractivity contribution in [3.05, 3.63) is 0 Å². The lowest BCUT2D eigenvalue weighted by molar-refractivity contribution is -0.476. The standard InChI is InChI=1S/C27H38O12S2/c1-24(2)13-5-7-26(24,15(28)9-13)11-40(31,32)38-21-18-17(30)19-22(20(21)37-23(35-18)36-19)39-41(33,34)12-27-8-6-14(10-16(27)29)25(27,3)4/h13-14,17-23,30H,5-12H2,1-4H3/t13-,14-,17?,18-,19+,20?,21-,22-,23?,26-,27-/m1/s1. The van der Waals surface area contributed by atoms with E-state index in [-0.39, 0.29) is 23.4 Å². The van der Waals surface area contributed by atoms with Crippen LogP contribution in [0.5, 0.6) is 0 Å². The highest BCUT2D eigenvalue weighted by Crippen LogP contribution is 2.65. The Balaban J connectivity index is 1.14. The van der Waals surface area contributed by atoms with Gasteiger partial charge in [-0.1, -0.05) is 27.7 Å². The monoisotopic (exact) mass is 618 g/mol. The molecular weight excluding hydrogens is 580 g/mol. The molecule has 1 N–H and O–H groups in total. The number of carbonyl (C=O) groups is 2. The highest BCUT2D eigenvalue weighted by Gasteiger charge is 2.69. The first-order chi connectivity index (χ1) is 18.9. The summed E-state index contributed by atoms with van der Waals surface area (Å²) in [6.07, 6.45) is -4.89. The van der Waals surface area contributed by atoms with Crippen LogP contribution in [-0.2, 0) is 52.4 Å². The number of rotatable bonds is 8. The highest BCUT2D eigenvalue weighted by atomic mass is 32.2. The van der Waals surface area contributed by atoms with Crippen molar-refractivity contribution in [1.82, 2.24) is 0 Å². The molecule has 0 aromatic carbocycles. The summed E-state index contributed by atoms with van der Waals surface area (Å²) in [5.74, 6) is -1.04. The Bertz CT molecular complexity index is 1300. The number of hydrogen-bond acceptors (Lipinski definition) is 12. The number of hydrogen-bond donors (Lipinski definition) is 1. The Morgan fingerprint density at radius 2 is 1.12 bits per heavy atom. The summed E-state index contributed by atoms with van der Waals surface area (Å²) in [6.45, 7) is 6.41. The van der Waals surface area contributed by atoms with Crippen molar-refractivity contribution >= 4 is 31.8 Å². The number of ether oxygens (including phenoxy) is 3. The molecule has 5 aliphatic carbocycles. The van der Waals surface area contributed by atoms with E-state index in [1.807, 2.05) is 27.7 Å². The number of aliphatic hydroxyl groups is 1. The van der Waals surface area contributed by atoms with Gasteiger partial charge in [-0.15, -0.1) is 0 Å². The fraction of sp³-hybridized carbons (Fsp3) is 0.926. The molecule has 0 spiro atoms. The van der Waals surface area contributed by atoms with Crippen molar-refractivity contribution in [2.75, 3.05) is 11.5 Å². The molecule has 11 atom stereocenters. The maximum atomic E-state index is 13.5. The summed E-state index contributed by atoms with van der Waals surface area (Å²) in [7, 11) is -8.76. The van der Waals surface area contributed by atoms with Crippen molar-refractivity contribution < 1.29 is 54.1 Å². The Labute approximate surface area is 240 Å². The van der Waals surface area contributed by atoms with E-state index >= 15 is 0 Å². The summed E-state index contributed by atoms with van der Waals surface area (Å²) in [4.78, 5) is 26.0. The fourth-order valence-corrected chi connectivity index (χ4v) is 13.3. The zero-order chi connectivity index (χ0) is 29.5. The molecule has 12 nitrogen and oxygen atoms in total. The summed E-state index contributed by atoms with van der Waals surface area (Å²) >= 11 is 0. The normalized spacial score (nSPS) is 49.0. The number of carbonyl (C=O) groups excluding carboxylic acids is 2. The van der Waals surface area contributed by atoms with Crippen LogP contribution in [0, 0.1) is 33.5 Å². The zero-order valence-electron chi connectivity index (χ0n) is 23.6. The molecule has 3 saturated heterocycles. The van der Waals surface area contributed by atoms with Crippen LogP contribution in [0.25, 0.3) is 0 Å². The van der Waals surface area contributed by atoms with E-state index < -0.39 is 96.5 Å². The van der Waals surface area contributed by atoms with Crippen LogP contribution in [0.3, 0.4) is 0 Å². The molecule has 41 heavy (non-hydrogen) atoms. The predicted molar refractivity (Wildman–Crippen MR) is 139 cm³/mol.